The predicted molar refractivity (Wildman–Crippen MR) is 42.6 cm³/mol. The van der Waals surface area contributed by atoms with E-state index in [2.05, 4.69) is 0 Å². The molecule has 0 saturated heterocycles. The molecule has 2 N–H and O–H groups in total. The van der Waals surface area contributed by atoms with Gasteiger partial charge in [-0.1, -0.05) is 0 Å². The summed E-state index contributed by atoms with van der Waals surface area (Å²) in [5.74, 6) is -1.25. The molecule has 1 aromatic heterocycles. The maximum atomic E-state index is 10.6. The zero-order valence-corrected chi connectivity index (χ0v) is 6.98. The van der Waals surface area contributed by atoms with Crippen molar-refractivity contribution in [2.75, 3.05) is 0 Å². The summed E-state index contributed by atoms with van der Waals surface area (Å²) >= 11 is 0. The first kappa shape index (κ1) is 8.80. The number of rotatable bonds is 2. The van der Waals surface area contributed by atoms with Gasteiger partial charge in [0.2, 0.25) is 0 Å². The molecule has 1 aromatic rings. The highest BCUT2D eigenvalue weighted by Gasteiger charge is 2.34. The van der Waals surface area contributed by atoms with Crippen LogP contribution in [0.5, 0.6) is 0 Å². The quantitative estimate of drug-likeness (QED) is 0.670. The molecule has 0 spiro atoms. The smallest absolute Gasteiger partial charge is 0.341 e. The van der Waals surface area contributed by atoms with Crippen LogP contribution in [0.2, 0.25) is 0 Å². The van der Waals surface area contributed by atoms with Crippen molar-refractivity contribution >= 4 is 5.97 Å². The fraction of sp³-hybridized carbons (Fsp3) is 0.375. The minimum absolute atomic E-state index is 0.370. The van der Waals surface area contributed by atoms with E-state index >= 15 is 0 Å². The number of carboxylic acids is 1. The number of hydrogen-bond donors (Lipinski definition) is 2. The fourth-order valence-corrected chi connectivity index (χ4v) is 1.08. The van der Waals surface area contributed by atoms with Crippen LogP contribution in [-0.4, -0.2) is 20.7 Å². The summed E-state index contributed by atoms with van der Waals surface area (Å²) in [6, 6.07) is 3.26. The number of hydrogen-bond acceptors (Lipinski definition) is 2. The molecular weight excluding hydrogens is 158 g/mol. The summed E-state index contributed by atoms with van der Waals surface area (Å²) in [5.41, 5.74) is -1.44. The van der Waals surface area contributed by atoms with E-state index in [-0.39, 0.29) is 0 Å². The van der Waals surface area contributed by atoms with Gasteiger partial charge in [-0.3, -0.25) is 0 Å². The SMILES string of the molecule is Cn1cccc1C(C)(O)C(=O)O. The Hall–Kier alpha value is -1.29. The molecule has 1 atom stereocenters. The summed E-state index contributed by atoms with van der Waals surface area (Å²) in [6.45, 7) is 1.25. The number of aliphatic hydroxyl groups is 1. The maximum Gasteiger partial charge on any atom is 0.341 e. The van der Waals surface area contributed by atoms with Gasteiger partial charge in [0.25, 0.3) is 0 Å². The van der Waals surface area contributed by atoms with Gasteiger partial charge in [-0.2, -0.15) is 0 Å². The molecule has 0 aromatic carbocycles. The second-order valence-electron chi connectivity index (χ2n) is 2.88. The minimum atomic E-state index is -1.81. The van der Waals surface area contributed by atoms with Crippen molar-refractivity contribution in [3.05, 3.63) is 24.0 Å². The van der Waals surface area contributed by atoms with Gasteiger partial charge in [-0.25, -0.2) is 4.79 Å². The number of nitrogens with zero attached hydrogens (tertiary/aromatic N) is 1. The van der Waals surface area contributed by atoms with Crippen LogP contribution in [0.4, 0.5) is 0 Å². The highest BCUT2D eigenvalue weighted by molar-refractivity contribution is 5.77. The van der Waals surface area contributed by atoms with Crippen molar-refractivity contribution in [1.82, 2.24) is 4.57 Å². The van der Waals surface area contributed by atoms with Crippen molar-refractivity contribution < 1.29 is 15.0 Å². The minimum Gasteiger partial charge on any atom is -0.479 e. The molecule has 0 radical (unpaired) electrons. The molecule has 0 aliphatic carbocycles. The molecule has 0 aliphatic rings. The highest BCUT2D eigenvalue weighted by Crippen LogP contribution is 2.20. The fourth-order valence-electron chi connectivity index (χ4n) is 1.08. The topological polar surface area (TPSA) is 62.5 Å². The van der Waals surface area contributed by atoms with E-state index in [0.717, 1.165) is 0 Å². The van der Waals surface area contributed by atoms with E-state index in [1.54, 1.807) is 29.9 Å². The molecule has 1 unspecified atom stereocenters. The summed E-state index contributed by atoms with van der Waals surface area (Å²) in [7, 11) is 1.69. The van der Waals surface area contributed by atoms with Crippen LogP contribution >= 0.6 is 0 Å². The summed E-state index contributed by atoms with van der Waals surface area (Å²) in [6.07, 6.45) is 1.69. The number of aryl methyl sites for hydroxylation is 1. The van der Waals surface area contributed by atoms with Crippen molar-refractivity contribution in [3.63, 3.8) is 0 Å². The van der Waals surface area contributed by atoms with Crippen LogP contribution in [-0.2, 0) is 17.4 Å². The van der Waals surface area contributed by atoms with Crippen LogP contribution in [0, 0.1) is 0 Å². The third kappa shape index (κ3) is 1.21. The molecule has 0 fully saturated rings. The number of carboxylic acid groups (broad SMARTS) is 1. The van der Waals surface area contributed by atoms with Crippen LogP contribution in [0.15, 0.2) is 18.3 Å². The van der Waals surface area contributed by atoms with Gasteiger partial charge in [0.15, 0.2) is 5.60 Å². The van der Waals surface area contributed by atoms with Gasteiger partial charge in [0, 0.05) is 13.2 Å². The summed E-state index contributed by atoms with van der Waals surface area (Å²) in [4.78, 5) is 10.6. The summed E-state index contributed by atoms with van der Waals surface area (Å²) < 4.78 is 1.58. The Kier molecular flexibility index (Phi) is 1.94. The van der Waals surface area contributed by atoms with Crippen LogP contribution < -0.4 is 0 Å². The Balaban J connectivity index is 3.13. The average molecular weight is 169 g/mol. The highest BCUT2D eigenvalue weighted by atomic mass is 16.4. The molecule has 0 bridgehead atoms. The lowest BCUT2D eigenvalue weighted by molar-refractivity contribution is -0.158. The Labute approximate surface area is 70.1 Å². The Morgan fingerprint density at radius 3 is 2.58 bits per heavy atom. The zero-order valence-electron chi connectivity index (χ0n) is 6.98. The van der Waals surface area contributed by atoms with Crippen molar-refractivity contribution in [2.24, 2.45) is 7.05 Å². The number of aliphatic carboxylic acids is 1. The van der Waals surface area contributed by atoms with Crippen LogP contribution in [0.3, 0.4) is 0 Å². The van der Waals surface area contributed by atoms with Crippen LogP contribution in [0.1, 0.15) is 12.6 Å². The van der Waals surface area contributed by atoms with Crippen molar-refractivity contribution in [2.45, 2.75) is 12.5 Å². The molecule has 66 valence electrons. The van der Waals surface area contributed by atoms with Gasteiger partial charge in [-0.15, -0.1) is 0 Å². The lowest BCUT2D eigenvalue weighted by Crippen LogP contribution is -2.33. The lowest BCUT2D eigenvalue weighted by atomic mass is 10.0. The molecule has 1 rings (SSSR count). The van der Waals surface area contributed by atoms with E-state index in [0.29, 0.717) is 5.69 Å². The van der Waals surface area contributed by atoms with Crippen molar-refractivity contribution in [1.29, 1.82) is 0 Å². The summed E-state index contributed by atoms with van der Waals surface area (Å²) in [5, 5.41) is 18.2. The number of carbonyl (C=O) groups is 1. The predicted octanol–water partition coefficient (Wildman–Crippen LogP) is 0.317. The van der Waals surface area contributed by atoms with Gasteiger partial charge in [0.05, 0.1) is 5.69 Å². The van der Waals surface area contributed by atoms with Crippen LogP contribution in [0.25, 0.3) is 0 Å². The normalized spacial score (nSPS) is 15.6. The maximum absolute atomic E-state index is 10.6. The second-order valence-corrected chi connectivity index (χ2v) is 2.88. The standard InChI is InChI=1S/C8H11NO3/c1-8(12,7(10)11)6-4-3-5-9(6)2/h3-5,12H,1-2H3,(H,10,11). The molecule has 1 heterocycles. The Morgan fingerprint density at radius 2 is 2.25 bits per heavy atom. The third-order valence-corrected chi connectivity index (χ3v) is 1.86. The van der Waals surface area contributed by atoms with E-state index in [1.165, 1.54) is 6.92 Å². The monoisotopic (exact) mass is 169 g/mol. The van der Waals surface area contributed by atoms with E-state index in [4.69, 9.17) is 5.11 Å². The first-order chi connectivity index (χ1) is 5.46. The molecular formula is C8H11NO3. The molecule has 4 nitrogen and oxygen atoms in total. The molecule has 12 heavy (non-hydrogen) atoms. The lowest BCUT2D eigenvalue weighted by Gasteiger charge is -2.18. The van der Waals surface area contributed by atoms with Gasteiger partial charge in [-0.05, 0) is 19.1 Å². The van der Waals surface area contributed by atoms with E-state index in [9.17, 15) is 9.90 Å². The second kappa shape index (κ2) is 2.64. The average Bonchev–Trinajstić information content (AvgIpc) is 2.35. The van der Waals surface area contributed by atoms with E-state index < -0.39 is 11.6 Å². The molecule has 4 heteroatoms. The van der Waals surface area contributed by atoms with Gasteiger partial charge >= 0.3 is 5.97 Å². The molecule has 0 saturated carbocycles. The Bertz CT molecular complexity index is 301. The number of aromatic nitrogens is 1. The largest absolute Gasteiger partial charge is 0.479 e. The third-order valence-electron chi connectivity index (χ3n) is 1.86. The van der Waals surface area contributed by atoms with Crippen molar-refractivity contribution in [3.8, 4) is 0 Å². The first-order valence-electron chi connectivity index (χ1n) is 3.54. The van der Waals surface area contributed by atoms with Gasteiger partial charge < -0.3 is 14.8 Å². The molecule has 0 aliphatic heterocycles. The first-order valence-corrected chi connectivity index (χ1v) is 3.54. The van der Waals surface area contributed by atoms with E-state index in [1.807, 2.05) is 0 Å². The van der Waals surface area contributed by atoms with Gasteiger partial charge in [0.1, 0.15) is 0 Å². The Morgan fingerprint density at radius 1 is 1.67 bits per heavy atom. The zero-order chi connectivity index (χ0) is 9.35. The molecule has 0 amide bonds.